The molecule has 1 saturated heterocycles. The predicted octanol–water partition coefficient (Wildman–Crippen LogP) is 1.85. The van der Waals surface area contributed by atoms with Crippen LogP contribution in [0.2, 0.25) is 5.02 Å². The summed E-state index contributed by atoms with van der Waals surface area (Å²) in [7, 11) is 1.56. The molecule has 0 aliphatic carbocycles. The number of rotatable bonds is 7. The number of ether oxygens (including phenoxy) is 2. The number of amides is 1. The maximum absolute atomic E-state index is 12.4. The molecule has 0 saturated carbocycles. The molecule has 2 rings (SSSR count). The van der Waals surface area contributed by atoms with Crippen LogP contribution in [-0.4, -0.2) is 61.3 Å². The Morgan fingerprint density at radius 2 is 2.29 bits per heavy atom. The summed E-state index contributed by atoms with van der Waals surface area (Å²) in [5.41, 5.74) is 0.710. The van der Waals surface area contributed by atoms with Crippen molar-refractivity contribution in [3.63, 3.8) is 0 Å². The first-order valence-electron chi connectivity index (χ1n) is 7.67. The normalized spacial score (nSPS) is 17.4. The highest BCUT2D eigenvalue weighted by atomic mass is 35.5. The van der Waals surface area contributed by atoms with E-state index >= 15 is 0 Å². The van der Waals surface area contributed by atoms with Crippen LogP contribution in [0.3, 0.4) is 0 Å². The molecule has 1 atom stereocenters. The highest BCUT2D eigenvalue weighted by molar-refractivity contribution is 6.30. The Labute approximate surface area is 145 Å². The van der Waals surface area contributed by atoms with Crippen molar-refractivity contribution < 1.29 is 24.2 Å². The third kappa shape index (κ3) is 5.01. The van der Waals surface area contributed by atoms with Crippen LogP contribution < -0.4 is 10.1 Å². The number of halogens is 1. The van der Waals surface area contributed by atoms with Crippen LogP contribution in [0.5, 0.6) is 5.75 Å². The van der Waals surface area contributed by atoms with Crippen LogP contribution in [0.25, 0.3) is 0 Å². The van der Waals surface area contributed by atoms with Crippen molar-refractivity contribution in [2.45, 2.75) is 18.9 Å². The summed E-state index contributed by atoms with van der Waals surface area (Å²) in [6.45, 7) is 1.49. The van der Waals surface area contributed by atoms with Gasteiger partial charge in [0.15, 0.2) is 0 Å². The number of nitrogens with zero attached hydrogens (tertiary/aromatic N) is 1. The van der Waals surface area contributed by atoms with E-state index in [1.165, 1.54) is 0 Å². The number of benzene rings is 1. The maximum Gasteiger partial charge on any atom is 0.305 e. The molecular weight excluding hydrogens is 336 g/mol. The number of hydrogen-bond acceptors (Lipinski definition) is 5. The first kappa shape index (κ1) is 18.4. The fourth-order valence-electron chi connectivity index (χ4n) is 2.62. The molecule has 24 heavy (non-hydrogen) atoms. The van der Waals surface area contributed by atoms with Crippen LogP contribution in [0, 0.1) is 0 Å². The van der Waals surface area contributed by atoms with E-state index in [0.717, 1.165) is 0 Å². The monoisotopic (exact) mass is 356 g/mol. The summed E-state index contributed by atoms with van der Waals surface area (Å²) in [5, 5.41) is 12.6. The van der Waals surface area contributed by atoms with Crippen LogP contribution in [0.15, 0.2) is 18.2 Å². The first-order valence-corrected chi connectivity index (χ1v) is 8.05. The Bertz CT molecular complexity index is 596. The summed E-state index contributed by atoms with van der Waals surface area (Å²) >= 11 is 5.96. The van der Waals surface area contributed by atoms with Crippen molar-refractivity contribution in [3.05, 3.63) is 23.2 Å². The van der Waals surface area contributed by atoms with Gasteiger partial charge < -0.3 is 24.8 Å². The van der Waals surface area contributed by atoms with Gasteiger partial charge in [0.1, 0.15) is 5.75 Å². The number of nitrogens with one attached hydrogen (secondary N) is 1. The van der Waals surface area contributed by atoms with E-state index in [-0.39, 0.29) is 25.4 Å². The number of carbonyl (C=O) groups is 2. The zero-order chi connectivity index (χ0) is 17.5. The third-order valence-electron chi connectivity index (χ3n) is 3.77. The molecule has 1 aromatic carbocycles. The van der Waals surface area contributed by atoms with Gasteiger partial charge in [0.2, 0.25) is 5.91 Å². The molecule has 1 heterocycles. The van der Waals surface area contributed by atoms with Gasteiger partial charge in [0, 0.05) is 24.5 Å². The van der Waals surface area contributed by atoms with Crippen molar-refractivity contribution >= 4 is 29.2 Å². The van der Waals surface area contributed by atoms with E-state index in [1.54, 1.807) is 30.2 Å². The molecular formula is C16H21ClN2O5. The lowest BCUT2D eigenvalue weighted by Gasteiger charge is -2.35. The fourth-order valence-corrected chi connectivity index (χ4v) is 2.79. The van der Waals surface area contributed by atoms with E-state index in [1.807, 2.05) is 0 Å². The number of morpholine rings is 1. The van der Waals surface area contributed by atoms with Crippen LogP contribution in [0.1, 0.15) is 12.8 Å². The largest absolute Gasteiger partial charge is 0.495 e. The molecule has 1 aliphatic heterocycles. The molecule has 1 aliphatic rings. The maximum atomic E-state index is 12.4. The number of aliphatic carboxylic acids is 1. The Morgan fingerprint density at radius 1 is 1.50 bits per heavy atom. The number of carbonyl (C=O) groups excluding carboxylic acids is 1. The van der Waals surface area contributed by atoms with Gasteiger partial charge in [-0.25, -0.2) is 0 Å². The van der Waals surface area contributed by atoms with Gasteiger partial charge in [-0.2, -0.15) is 0 Å². The average molecular weight is 357 g/mol. The Morgan fingerprint density at radius 3 is 3.00 bits per heavy atom. The summed E-state index contributed by atoms with van der Waals surface area (Å²) in [6, 6.07) is 4.79. The lowest BCUT2D eigenvalue weighted by Crippen LogP contribution is -2.49. The minimum atomic E-state index is -0.940. The Kier molecular flexibility index (Phi) is 6.69. The van der Waals surface area contributed by atoms with Gasteiger partial charge >= 0.3 is 5.97 Å². The van der Waals surface area contributed by atoms with E-state index in [2.05, 4.69) is 5.32 Å². The molecule has 1 amide bonds. The molecule has 0 aromatic heterocycles. The van der Waals surface area contributed by atoms with E-state index in [0.29, 0.717) is 36.2 Å². The van der Waals surface area contributed by atoms with E-state index in [4.69, 9.17) is 26.2 Å². The second-order valence-electron chi connectivity index (χ2n) is 5.44. The molecule has 2 N–H and O–H groups in total. The van der Waals surface area contributed by atoms with Gasteiger partial charge in [0.05, 0.1) is 38.5 Å². The van der Waals surface area contributed by atoms with E-state index in [9.17, 15) is 9.59 Å². The Balaban J connectivity index is 1.90. The van der Waals surface area contributed by atoms with E-state index < -0.39 is 12.0 Å². The molecule has 0 radical (unpaired) electrons. The van der Waals surface area contributed by atoms with Crippen LogP contribution in [-0.2, 0) is 14.3 Å². The molecule has 1 unspecified atom stereocenters. The molecule has 7 nitrogen and oxygen atoms in total. The van der Waals surface area contributed by atoms with Gasteiger partial charge in [0.25, 0.3) is 0 Å². The number of hydrogen-bond donors (Lipinski definition) is 2. The minimum absolute atomic E-state index is 0.0990. The standard InChI is InChI=1S/C16H21ClN2O5/c1-23-14-3-2-11(17)8-13(14)18-5-4-15(20)19-6-7-24-10-12(19)9-16(21)22/h2-3,8,12,18H,4-7,9-10H2,1H3,(H,21,22). The van der Waals surface area contributed by atoms with Crippen LogP contribution >= 0.6 is 11.6 Å². The number of methoxy groups -OCH3 is 1. The second kappa shape index (κ2) is 8.75. The summed E-state index contributed by atoms with van der Waals surface area (Å²) in [5.74, 6) is -0.398. The molecule has 1 aromatic rings. The summed E-state index contributed by atoms with van der Waals surface area (Å²) in [6.07, 6.45) is 0.132. The van der Waals surface area contributed by atoms with Gasteiger partial charge in [-0.3, -0.25) is 9.59 Å². The second-order valence-corrected chi connectivity index (χ2v) is 5.87. The highest BCUT2D eigenvalue weighted by Gasteiger charge is 2.28. The first-order chi connectivity index (χ1) is 11.5. The lowest BCUT2D eigenvalue weighted by molar-refractivity contribution is -0.146. The average Bonchev–Trinajstić information content (AvgIpc) is 2.55. The quantitative estimate of drug-likeness (QED) is 0.775. The summed E-state index contributed by atoms with van der Waals surface area (Å²) < 4.78 is 10.5. The highest BCUT2D eigenvalue weighted by Crippen LogP contribution is 2.27. The van der Waals surface area contributed by atoms with Gasteiger partial charge in [-0.15, -0.1) is 0 Å². The zero-order valence-electron chi connectivity index (χ0n) is 13.5. The topological polar surface area (TPSA) is 88.1 Å². The smallest absolute Gasteiger partial charge is 0.305 e. The number of anilines is 1. The lowest BCUT2D eigenvalue weighted by atomic mass is 10.1. The third-order valence-corrected chi connectivity index (χ3v) is 4.01. The summed E-state index contributed by atoms with van der Waals surface area (Å²) in [4.78, 5) is 24.9. The minimum Gasteiger partial charge on any atom is -0.495 e. The van der Waals surface area contributed by atoms with Crippen molar-refractivity contribution in [2.75, 3.05) is 38.7 Å². The van der Waals surface area contributed by atoms with Crippen molar-refractivity contribution in [3.8, 4) is 5.75 Å². The molecule has 1 fully saturated rings. The molecule has 0 bridgehead atoms. The fraction of sp³-hybridized carbons (Fsp3) is 0.500. The van der Waals surface area contributed by atoms with Crippen molar-refractivity contribution in [1.82, 2.24) is 4.90 Å². The van der Waals surface area contributed by atoms with Crippen LogP contribution in [0.4, 0.5) is 5.69 Å². The van der Waals surface area contributed by atoms with Crippen molar-refractivity contribution in [2.24, 2.45) is 0 Å². The van der Waals surface area contributed by atoms with Gasteiger partial charge in [-0.05, 0) is 18.2 Å². The number of carboxylic acids is 1. The van der Waals surface area contributed by atoms with Crippen molar-refractivity contribution in [1.29, 1.82) is 0 Å². The molecule has 0 spiro atoms. The predicted molar refractivity (Wildman–Crippen MR) is 89.7 cm³/mol. The SMILES string of the molecule is COc1ccc(Cl)cc1NCCC(=O)N1CCOCC1CC(=O)O. The van der Waals surface area contributed by atoms with Gasteiger partial charge in [-0.1, -0.05) is 11.6 Å². The zero-order valence-corrected chi connectivity index (χ0v) is 14.2. The molecule has 8 heteroatoms. The molecule has 132 valence electrons. The number of carboxylic acid groups (broad SMARTS) is 1. The Hall–Kier alpha value is -1.99.